The standard InChI is InChI=1S/C50H38N2/c1-34(36-17-23-42(24-18-36)48-15-7-11-40-9-3-5-13-46(40)48)33-50(52-35(2)37-19-21-38(22-20-37)39-29-31-45(51)32-30-39)44-27-25-43(26-28-44)49-16-8-12-41-10-4-6-14-47(41)49/h3-33H,1,51H2,2H3/b50-33-,52-35?. The zero-order valence-corrected chi connectivity index (χ0v) is 29.1. The van der Waals surface area contributed by atoms with Crippen molar-refractivity contribution in [1.82, 2.24) is 0 Å². The third kappa shape index (κ3) is 6.70. The van der Waals surface area contributed by atoms with Crippen LogP contribution in [-0.4, -0.2) is 5.71 Å². The van der Waals surface area contributed by atoms with Gasteiger partial charge in [0.15, 0.2) is 0 Å². The van der Waals surface area contributed by atoms with Crippen molar-refractivity contribution in [3.05, 3.63) is 211 Å². The fraction of sp³-hybridized carbons (Fsp3) is 0.0200. The van der Waals surface area contributed by atoms with E-state index in [1.165, 1.54) is 43.8 Å². The molecule has 0 amide bonds. The topological polar surface area (TPSA) is 38.4 Å². The molecule has 2 nitrogen and oxygen atoms in total. The van der Waals surface area contributed by atoms with E-state index < -0.39 is 0 Å². The Morgan fingerprint density at radius 3 is 1.42 bits per heavy atom. The van der Waals surface area contributed by atoms with Crippen molar-refractivity contribution in [1.29, 1.82) is 0 Å². The van der Waals surface area contributed by atoms with Crippen LogP contribution < -0.4 is 5.73 Å². The van der Waals surface area contributed by atoms with E-state index in [4.69, 9.17) is 10.7 Å². The Kier molecular flexibility index (Phi) is 8.87. The molecule has 0 saturated heterocycles. The molecule has 248 valence electrons. The molecule has 0 spiro atoms. The van der Waals surface area contributed by atoms with E-state index in [9.17, 15) is 0 Å². The Hall–Kier alpha value is -6.77. The van der Waals surface area contributed by atoms with Gasteiger partial charge in [-0.1, -0.05) is 176 Å². The summed E-state index contributed by atoms with van der Waals surface area (Å²) < 4.78 is 0. The number of nitrogens with zero attached hydrogens (tertiary/aromatic N) is 1. The summed E-state index contributed by atoms with van der Waals surface area (Å²) in [6.45, 7) is 6.59. The van der Waals surface area contributed by atoms with Crippen molar-refractivity contribution in [2.45, 2.75) is 6.92 Å². The SMILES string of the molecule is C=C(/C=C(\N=C(C)c1ccc(-c2ccc(N)cc2)cc1)c1ccc(-c2cccc3ccccc23)cc1)c1ccc(-c2cccc3ccccc23)cc1. The molecule has 2 N–H and O–H groups in total. The Labute approximate surface area is 305 Å². The summed E-state index contributed by atoms with van der Waals surface area (Å²) in [4.78, 5) is 5.25. The maximum absolute atomic E-state index is 5.92. The van der Waals surface area contributed by atoms with Gasteiger partial charge in [0.25, 0.3) is 0 Å². The minimum absolute atomic E-state index is 0.759. The minimum atomic E-state index is 0.759. The number of rotatable bonds is 8. The predicted octanol–water partition coefficient (Wildman–Crippen LogP) is 13.1. The highest BCUT2D eigenvalue weighted by Gasteiger charge is 2.10. The van der Waals surface area contributed by atoms with Gasteiger partial charge in [0.1, 0.15) is 0 Å². The van der Waals surface area contributed by atoms with Gasteiger partial charge in [-0.2, -0.15) is 0 Å². The minimum Gasteiger partial charge on any atom is -0.399 e. The van der Waals surface area contributed by atoms with Crippen LogP contribution in [0.5, 0.6) is 0 Å². The first-order valence-corrected chi connectivity index (χ1v) is 17.6. The number of hydrogen-bond acceptors (Lipinski definition) is 2. The molecule has 0 saturated carbocycles. The third-order valence-corrected chi connectivity index (χ3v) is 9.78. The molecule has 0 bridgehead atoms. The smallest absolute Gasteiger partial charge is 0.0711 e. The summed E-state index contributed by atoms with van der Waals surface area (Å²) in [6.07, 6.45) is 2.10. The van der Waals surface area contributed by atoms with Gasteiger partial charge in [-0.25, -0.2) is 0 Å². The molecule has 8 aromatic rings. The van der Waals surface area contributed by atoms with Crippen LogP contribution in [0.4, 0.5) is 5.69 Å². The molecular weight excluding hydrogens is 629 g/mol. The van der Waals surface area contributed by atoms with Crippen LogP contribution in [0, 0.1) is 0 Å². The monoisotopic (exact) mass is 666 g/mol. The molecule has 0 unspecified atom stereocenters. The average molecular weight is 667 g/mol. The lowest BCUT2D eigenvalue weighted by atomic mass is 9.95. The van der Waals surface area contributed by atoms with Crippen molar-refractivity contribution in [3.63, 3.8) is 0 Å². The highest BCUT2D eigenvalue weighted by Crippen LogP contribution is 2.33. The maximum Gasteiger partial charge on any atom is 0.0711 e. The first-order valence-electron chi connectivity index (χ1n) is 17.6. The molecule has 52 heavy (non-hydrogen) atoms. The van der Waals surface area contributed by atoms with E-state index in [1.807, 2.05) is 24.3 Å². The van der Waals surface area contributed by atoms with Gasteiger partial charge in [0.2, 0.25) is 0 Å². The first-order chi connectivity index (χ1) is 25.5. The van der Waals surface area contributed by atoms with Crippen molar-refractivity contribution in [2.24, 2.45) is 4.99 Å². The second-order valence-corrected chi connectivity index (χ2v) is 13.2. The molecule has 0 atom stereocenters. The van der Waals surface area contributed by atoms with Crippen molar-refractivity contribution in [2.75, 3.05) is 5.73 Å². The summed E-state index contributed by atoms with van der Waals surface area (Å²) in [5, 5.41) is 4.96. The maximum atomic E-state index is 5.92. The van der Waals surface area contributed by atoms with E-state index in [0.29, 0.717) is 0 Å². The molecule has 0 heterocycles. The average Bonchev–Trinajstić information content (AvgIpc) is 3.20. The van der Waals surface area contributed by atoms with Crippen LogP contribution in [0.1, 0.15) is 23.6 Å². The second kappa shape index (κ2) is 14.2. The van der Waals surface area contributed by atoms with Crippen LogP contribution in [-0.2, 0) is 0 Å². The lowest BCUT2D eigenvalue weighted by Gasteiger charge is -2.12. The van der Waals surface area contributed by atoms with Crippen LogP contribution in [0.2, 0.25) is 0 Å². The summed E-state index contributed by atoms with van der Waals surface area (Å²) >= 11 is 0. The van der Waals surface area contributed by atoms with Gasteiger partial charge in [-0.15, -0.1) is 0 Å². The quantitative estimate of drug-likeness (QED) is 0.0978. The van der Waals surface area contributed by atoms with E-state index >= 15 is 0 Å². The Balaban J connectivity index is 1.14. The molecule has 8 aromatic carbocycles. The Morgan fingerprint density at radius 1 is 0.462 bits per heavy atom. The third-order valence-electron chi connectivity index (χ3n) is 9.78. The molecule has 0 aliphatic heterocycles. The zero-order chi connectivity index (χ0) is 35.4. The zero-order valence-electron chi connectivity index (χ0n) is 29.1. The van der Waals surface area contributed by atoms with Gasteiger partial charge in [0, 0.05) is 17.0 Å². The summed E-state index contributed by atoms with van der Waals surface area (Å²) in [5.41, 5.74) is 19.5. The van der Waals surface area contributed by atoms with E-state index in [-0.39, 0.29) is 0 Å². The number of allylic oxidation sites excluding steroid dienone is 2. The number of hydrogen-bond donors (Lipinski definition) is 1. The lowest BCUT2D eigenvalue weighted by molar-refractivity contribution is 1.46. The second-order valence-electron chi connectivity index (χ2n) is 13.2. The molecular formula is C50H38N2. The van der Waals surface area contributed by atoms with E-state index in [0.717, 1.165) is 50.5 Å². The lowest BCUT2D eigenvalue weighted by Crippen LogP contribution is -1.96. The molecule has 0 aliphatic rings. The molecule has 2 heteroatoms. The first kappa shape index (κ1) is 32.4. The number of aliphatic imine (C=N–C) groups is 1. The van der Waals surface area contributed by atoms with E-state index in [1.54, 1.807) is 0 Å². The van der Waals surface area contributed by atoms with Crippen molar-refractivity contribution >= 4 is 44.2 Å². The fourth-order valence-electron chi connectivity index (χ4n) is 6.89. The van der Waals surface area contributed by atoms with Gasteiger partial charge in [-0.05, 0) is 96.8 Å². The van der Waals surface area contributed by atoms with Crippen LogP contribution in [0.15, 0.2) is 200 Å². The fourth-order valence-corrected chi connectivity index (χ4v) is 6.89. The van der Waals surface area contributed by atoms with Crippen molar-refractivity contribution in [3.8, 4) is 33.4 Å². The number of nitrogens with two attached hydrogens (primary N) is 1. The predicted molar refractivity (Wildman–Crippen MR) is 224 cm³/mol. The highest BCUT2D eigenvalue weighted by atomic mass is 14.8. The van der Waals surface area contributed by atoms with Gasteiger partial charge in [-0.3, -0.25) is 4.99 Å². The number of nitrogen functional groups attached to an aromatic ring is 1. The number of fused-ring (bicyclic) bond motifs is 2. The molecule has 0 radical (unpaired) electrons. The molecule has 0 aliphatic carbocycles. The summed E-state index contributed by atoms with van der Waals surface area (Å²) in [6, 6.07) is 63.9. The van der Waals surface area contributed by atoms with Gasteiger partial charge < -0.3 is 5.73 Å². The largest absolute Gasteiger partial charge is 0.399 e. The molecule has 0 fully saturated rings. The molecule has 0 aromatic heterocycles. The van der Waals surface area contributed by atoms with Crippen LogP contribution in [0.3, 0.4) is 0 Å². The molecule has 8 rings (SSSR count). The normalized spacial score (nSPS) is 11.9. The van der Waals surface area contributed by atoms with Crippen LogP contribution in [0.25, 0.3) is 66.2 Å². The Morgan fingerprint density at radius 2 is 0.885 bits per heavy atom. The van der Waals surface area contributed by atoms with Gasteiger partial charge in [0.05, 0.1) is 5.70 Å². The number of benzene rings is 8. The van der Waals surface area contributed by atoms with E-state index in [2.05, 4.69) is 177 Å². The number of anilines is 1. The highest BCUT2D eigenvalue weighted by molar-refractivity contribution is 6.03. The summed E-state index contributed by atoms with van der Waals surface area (Å²) in [5.74, 6) is 0. The Bertz CT molecular complexity index is 2600. The van der Waals surface area contributed by atoms with Gasteiger partial charge >= 0.3 is 0 Å². The summed E-state index contributed by atoms with van der Waals surface area (Å²) in [7, 11) is 0. The van der Waals surface area contributed by atoms with Crippen LogP contribution >= 0.6 is 0 Å². The van der Waals surface area contributed by atoms with Crippen molar-refractivity contribution < 1.29 is 0 Å².